The monoisotopic (exact) mass is 389 g/mol. The number of anilines is 1. The SMILES string of the molecule is COc1ccc(CCNC(=O)/C(C#N)=C\Nc2c(Cl)cccc2Cl)cc1. The molecule has 2 aromatic rings. The topological polar surface area (TPSA) is 74.1 Å². The second-order valence-electron chi connectivity index (χ2n) is 5.26. The molecule has 2 rings (SSSR count). The Morgan fingerprint density at radius 3 is 2.42 bits per heavy atom. The zero-order chi connectivity index (χ0) is 18.9. The minimum absolute atomic E-state index is 0.0734. The average molecular weight is 390 g/mol. The molecule has 5 nitrogen and oxygen atoms in total. The molecule has 134 valence electrons. The maximum atomic E-state index is 12.1. The first kappa shape index (κ1) is 19.6. The highest BCUT2D eigenvalue weighted by atomic mass is 35.5. The van der Waals surface area contributed by atoms with Gasteiger partial charge in [-0.15, -0.1) is 0 Å². The summed E-state index contributed by atoms with van der Waals surface area (Å²) in [5.41, 5.74) is 1.42. The van der Waals surface area contributed by atoms with E-state index < -0.39 is 5.91 Å². The number of halogens is 2. The van der Waals surface area contributed by atoms with Crippen LogP contribution in [0, 0.1) is 11.3 Å². The van der Waals surface area contributed by atoms with Crippen LogP contribution in [0.15, 0.2) is 54.2 Å². The van der Waals surface area contributed by atoms with E-state index in [1.807, 2.05) is 30.3 Å². The van der Waals surface area contributed by atoms with Crippen LogP contribution in [-0.4, -0.2) is 19.6 Å². The van der Waals surface area contributed by atoms with Crippen molar-refractivity contribution in [2.24, 2.45) is 0 Å². The van der Waals surface area contributed by atoms with E-state index in [2.05, 4.69) is 10.6 Å². The summed E-state index contributed by atoms with van der Waals surface area (Å²) in [6, 6.07) is 14.4. The minimum atomic E-state index is -0.475. The summed E-state index contributed by atoms with van der Waals surface area (Å²) in [6.45, 7) is 0.400. The number of rotatable bonds is 7. The van der Waals surface area contributed by atoms with Crippen molar-refractivity contribution in [2.75, 3.05) is 19.0 Å². The quantitative estimate of drug-likeness (QED) is 0.550. The van der Waals surface area contributed by atoms with Crippen molar-refractivity contribution < 1.29 is 9.53 Å². The summed E-state index contributed by atoms with van der Waals surface area (Å²) >= 11 is 12.1. The molecule has 0 unspecified atom stereocenters. The number of nitriles is 1. The molecule has 0 saturated carbocycles. The molecule has 0 spiro atoms. The first-order chi connectivity index (χ1) is 12.5. The van der Waals surface area contributed by atoms with Crippen LogP contribution in [-0.2, 0) is 11.2 Å². The lowest BCUT2D eigenvalue weighted by atomic mass is 10.1. The van der Waals surface area contributed by atoms with Crippen LogP contribution in [0.2, 0.25) is 10.0 Å². The Labute approximate surface area is 162 Å². The smallest absolute Gasteiger partial charge is 0.263 e. The summed E-state index contributed by atoms with van der Waals surface area (Å²) < 4.78 is 5.10. The second kappa shape index (κ2) is 9.71. The molecule has 0 bridgehead atoms. The van der Waals surface area contributed by atoms with Crippen molar-refractivity contribution in [1.29, 1.82) is 5.26 Å². The molecule has 0 aliphatic heterocycles. The van der Waals surface area contributed by atoms with Crippen molar-refractivity contribution in [3.63, 3.8) is 0 Å². The molecular formula is C19H17Cl2N3O2. The minimum Gasteiger partial charge on any atom is -0.497 e. The van der Waals surface area contributed by atoms with Crippen LogP contribution >= 0.6 is 23.2 Å². The molecule has 0 aliphatic rings. The predicted molar refractivity (Wildman–Crippen MR) is 103 cm³/mol. The van der Waals surface area contributed by atoms with Crippen LogP contribution < -0.4 is 15.4 Å². The normalized spacial score (nSPS) is 10.8. The third kappa shape index (κ3) is 5.41. The maximum Gasteiger partial charge on any atom is 0.263 e. The Balaban J connectivity index is 1.92. The zero-order valence-corrected chi connectivity index (χ0v) is 15.6. The lowest BCUT2D eigenvalue weighted by Crippen LogP contribution is -2.27. The van der Waals surface area contributed by atoms with Gasteiger partial charge < -0.3 is 15.4 Å². The standard InChI is InChI=1S/C19H17Cl2N3O2/c1-26-15-7-5-13(6-8-15)9-10-23-19(25)14(11-22)12-24-18-16(20)3-2-4-17(18)21/h2-8,12,24H,9-10H2,1H3,(H,23,25)/b14-12-. The largest absolute Gasteiger partial charge is 0.497 e. The Kier molecular flexibility index (Phi) is 7.34. The van der Waals surface area contributed by atoms with Gasteiger partial charge in [-0.1, -0.05) is 41.4 Å². The number of carbonyl (C=O) groups is 1. The third-order valence-corrected chi connectivity index (χ3v) is 4.18. The Bertz CT molecular complexity index is 823. The molecule has 0 saturated heterocycles. The van der Waals surface area contributed by atoms with E-state index in [0.29, 0.717) is 28.7 Å². The molecule has 26 heavy (non-hydrogen) atoms. The number of nitrogens with one attached hydrogen (secondary N) is 2. The van der Waals surface area contributed by atoms with E-state index in [9.17, 15) is 10.1 Å². The van der Waals surface area contributed by atoms with Gasteiger partial charge in [-0.3, -0.25) is 4.79 Å². The van der Waals surface area contributed by atoms with Gasteiger partial charge in [0.25, 0.3) is 5.91 Å². The molecule has 0 atom stereocenters. The molecule has 0 heterocycles. The first-order valence-electron chi connectivity index (χ1n) is 7.77. The van der Waals surface area contributed by atoms with Gasteiger partial charge in [-0.25, -0.2) is 0 Å². The highest BCUT2D eigenvalue weighted by Gasteiger charge is 2.10. The number of amides is 1. The molecule has 7 heteroatoms. The van der Waals surface area contributed by atoms with E-state index >= 15 is 0 Å². The van der Waals surface area contributed by atoms with Crippen molar-refractivity contribution in [3.05, 3.63) is 69.8 Å². The molecular weight excluding hydrogens is 373 g/mol. The fourth-order valence-electron chi connectivity index (χ4n) is 2.14. The summed E-state index contributed by atoms with van der Waals surface area (Å²) in [5.74, 6) is 0.300. The van der Waals surface area contributed by atoms with Crippen molar-refractivity contribution in [2.45, 2.75) is 6.42 Å². The van der Waals surface area contributed by atoms with Crippen LogP contribution in [0.1, 0.15) is 5.56 Å². The van der Waals surface area contributed by atoms with Crippen LogP contribution in [0.5, 0.6) is 5.75 Å². The van der Waals surface area contributed by atoms with E-state index in [1.165, 1.54) is 6.20 Å². The zero-order valence-electron chi connectivity index (χ0n) is 14.1. The van der Waals surface area contributed by atoms with Crippen molar-refractivity contribution in [3.8, 4) is 11.8 Å². The van der Waals surface area contributed by atoms with Gasteiger partial charge in [-0.05, 0) is 36.2 Å². The van der Waals surface area contributed by atoms with Gasteiger partial charge in [0.15, 0.2) is 0 Å². The number of ether oxygens (including phenoxy) is 1. The average Bonchev–Trinajstić information content (AvgIpc) is 2.65. The van der Waals surface area contributed by atoms with E-state index in [4.69, 9.17) is 27.9 Å². The maximum absolute atomic E-state index is 12.1. The van der Waals surface area contributed by atoms with Crippen LogP contribution in [0.25, 0.3) is 0 Å². The number of methoxy groups -OCH3 is 1. The number of benzene rings is 2. The molecule has 2 N–H and O–H groups in total. The Morgan fingerprint density at radius 2 is 1.85 bits per heavy atom. The van der Waals surface area contributed by atoms with Crippen LogP contribution in [0.4, 0.5) is 5.69 Å². The molecule has 0 radical (unpaired) electrons. The number of hydrogen-bond donors (Lipinski definition) is 2. The van der Waals surface area contributed by atoms with Crippen molar-refractivity contribution in [1.82, 2.24) is 5.32 Å². The second-order valence-corrected chi connectivity index (χ2v) is 6.08. The van der Waals surface area contributed by atoms with E-state index in [0.717, 1.165) is 11.3 Å². The first-order valence-corrected chi connectivity index (χ1v) is 8.52. The molecule has 2 aromatic carbocycles. The number of hydrogen-bond acceptors (Lipinski definition) is 4. The summed E-state index contributed by atoms with van der Waals surface area (Å²) in [7, 11) is 1.61. The third-order valence-electron chi connectivity index (χ3n) is 3.55. The molecule has 0 fully saturated rings. The van der Waals surface area contributed by atoms with Gasteiger partial charge in [-0.2, -0.15) is 5.26 Å². The van der Waals surface area contributed by atoms with E-state index in [1.54, 1.807) is 25.3 Å². The van der Waals surface area contributed by atoms with Crippen molar-refractivity contribution >= 4 is 34.8 Å². The van der Waals surface area contributed by atoms with E-state index in [-0.39, 0.29) is 5.57 Å². The highest BCUT2D eigenvalue weighted by Crippen LogP contribution is 2.29. The molecule has 0 aliphatic carbocycles. The number of nitrogens with zero attached hydrogens (tertiary/aromatic N) is 1. The number of para-hydroxylation sites is 1. The molecule has 0 aromatic heterocycles. The van der Waals surface area contributed by atoms with Gasteiger partial charge in [0.2, 0.25) is 0 Å². The summed E-state index contributed by atoms with van der Waals surface area (Å²) in [4.78, 5) is 12.1. The summed E-state index contributed by atoms with van der Waals surface area (Å²) in [5, 5.41) is 15.5. The highest BCUT2D eigenvalue weighted by molar-refractivity contribution is 6.39. The Hall–Kier alpha value is -2.68. The molecule has 1 amide bonds. The van der Waals surface area contributed by atoms with Gasteiger partial charge in [0.05, 0.1) is 22.8 Å². The fraction of sp³-hybridized carbons (Fsp3) is 0.158. The number of carbonyl (C=O) groups excluding carboxylic acids is 1. The lowest BCUT2D eigenvalue weighted by Gasteiger charge is -2.08. The lowest BCUT2D eigenvalue weighted by molar-refractivity contribution is -0.117. The Morgan fingerprint density at radius 1 is 1.19 bits per heavy atom. The summed E-state index contributed by atoms with van der Waals surface area (Å²) in [6.07, 6.45) is 1.92. The predicted octanol–water partition coefficient (Wildman–Crippen LogP) is 4.18. The van der Waals surface area contributed by atoms with Crippen LogP contribution in [0.3, 0.4) is 0 Å². The van der Waals surface area contributed by atoms with Gasteiger partial charge in [0, 0.05) is 12.7 Å². The van der Waals surface area contributed by atoms with Gasteiger partial charge in [0.1, 0.15) is 17.4 Å². The van der Waals surface area contributed by atoms with Gasteiger partial charge >= 0.3 is 0 Å². The fourth-order valence-corrected chi connectivity index (χ4v) is 2.64.